The van der Waals surface area contributed by atoms with E-state index in [9.17, 15) is 0 Å². The molecule has 0 radical (unpaired) electrons. The van der Waals surface area contributed by atoms with Crippen LogP contribution in [-0.2, 0) is 0 Å². The van der Waals surface area contributed by atoms with E-state index in [1.165, 1.54) is 6.33 Å². The Labute approximate surface area is 131 Å². The SMILES string of the molecule is CCC(Nc1ncnc2oc(C)nc12)c1cn2cccnc2n1. The van der Waals surface area contributed by atoms with Gasteiger partial charge in [-0.15, -0.1) is 0 Å². The van der Waals surface area contributed by atoms with Gasteiger partial charge in [-0.25, -0.2) is 19.9 Å². The van der Waals surface area contributed by atoms with Gasteiger partial charge in [-0.3, -0.25) is 4.40 Å². The zero-order valence-corrected chi connectivity index (χ0v) is 12.8. The van der Waals surface area contributed by atoms with E-state index in [-0.39, 0.29) is 6.04 Å². The number of aromatic nitrogens is 6. The maximum Gasteiger partial charge on any atom is 0.252 e. The van der Waals surface area contributed by atoms with Crippen molar-refractivity contribution in [2.24, 2.45) is 0 Å². The van der Waals surface area contributed by atoms with E-state index in [2.05, 4.69) is 37.2 Å². The molecule has 8 heteroatoms. The summed E-state index contributed by atoms with van der Waals surface area (Å²) in [6.45, 7) is 3.87. The molecular weight excluding hydrogens is 294 g/mol. The Kier molecular flexibility index (Phi) is 3.14. The number of nitrogens with one attached hydrogen (secondary N) is 1. The van der Waals surface area contributed by atoms with Crippen molar-refractivity contribution in [2.45, 2.75) is 26.3 Å². The van der Waals surface area contributed by atoms with Crippen LogP contribution < -0.4 is 5.32 Å². The summed E-state index contributed by atoms with van der Waals surface area (Å²) in [6.07, 6.45) is 7.93. The molecule has 1 unspecified atom stereocenters. The number of hydrogen-bond acceptors (Lipinski definition) is 7. The van der Waals surface area contributed by atoms with Crippen LogP contribution in [0, 0.1) is 6.92 Å². The minimum absolute atomic E-state index is 0.00759. The Hall–Kier alpha value is -3.03. The van der Waals surface area contributed by atoms with Crippen LogP contribution in [0.2, 0.25) is 0 Å². The van der Waals surface area contributed by atoms with E-state index in [0.717, 1.165) is 12.1 Å². The first kappa shape index (κ1) is 13.6. The lowest BCUT2D eigenvalue weighted by molar-refractivity contribution is 0.551. The highest BCUT2D eigenvalue weighted by molar-refractivity contribution is 5.81. The van der Waals surface area contributed by atoms with Crippen LogP contribution in [0.4, 0.5) is 5.82 Å². The van der Waals surface area contributed by atoms with Crippen LogP contribution in [0.1, 0.15) is 31.0 Å². The molecule has 0 spiro atoms. The molecule has 1 N–H and O–H groups in total. The highest BCUT2D eigenvalue weighted by Crippen LogP contribution is 2.25. The van der Waals surface area contributed by atoms with Gasteiger partial charge in [-0.05, 0) is 12.5 Å². The van der Waals surface area contributed by atoms with Crippen molar-refractivity contribution in [3.8, 4) is 0 Å². The van der Waals surface area contributed by atoms with Gasteiger partial charge in [-0.2, -0.15) is 4.98 Å². The molecule has 0 amide bonds. The normalized spacial score (nSPS) is 12.8. The fourth-order valence-corrected chi connectivity index (χ4v) is 2.53. The number of aryl methyl sites for hydroxylation is 1. The lowest BCUT2D eigenvalue weighted by Gasteiger charge is -2.14. The summed E-state index contributed by atoms with van der Waals surface area (Å²) in [5.41, 5.74) is 2.01. The largest absolute Gasteiger partial charge is 0.422 e. The number of fused-ring (bicyclic) bond motifs is 2. The Morgan fingerprint density at radius 1 is 1.26 bits per heavy atom. The third kappa shape index (κ3) is 2.37. The average molecular weight is 309 g/mol. The van der Waals surface area contributed by atoms with E-state index in [1.54, 1.807) is 13.1 Å². The van der Waals surface area contributed by atoms with E-state index in [1.807, 2.05) is 22.9 Å². The number of oxazole rings is 1. The molecule has 0 fully saturated rings. The second-order valence-electron chi connectivity index (χ2n) is 5.21. The smallest absolute Gasteiger partial charge is 0.252 e. The molecule has 4 aromatic heterocycles. The maximum absolute atomic E-state index is 5.45. The highest BCUT2D eigenvalue weighted by Gasteiger charge is 2.17. The van der Waals surface area contributed by atoms with Crippen LogP contribution >= 0.6 is 0 Å². The van der Waals surface area contributed by atoms with Crippen molar-refractivity contribution in [1.29, 1.82) is 0 Å². The van der Waals surface area contributed by atoms with Gasteiger partial charge in [0.05, 0.1) is 11.7 Å². The Balaban J connectivity index is 1.72. The molecule has 116 valence electrons. The minimum atomic E-state index is -0.00759. The quantitative estimate of drug-likeness (QED) is 0.619. The monoisotopic (exact) mass is 309 g/mol. The van der Waals surface area contributed by atoms with Gasteiger partial charge in [0.2, 0.25) is 5.78 Å². The standard InChI is InChI=1S/C15H15N7O/c1-3-10(11-7-22-6-4-5-16-15(22)21-11)20-13-12-14(18-8-17-13)23-9(2)19-12/h4-8,10H,3H2,1-2H3,(H,17,18,20). The zero-order valence-electron chi connectivity index (χ0n) is 12.8. The van der Waals surface area contributed by atoms with Gasteiger partial charge >= 0.3 is 0 Å². The molecule has 0 aliphatic rings. The molecule has 0 aliphatic carbocycles. The maximum atomic E-state index is 5.45. The molecule has 4 heterocycles. The fraction of sp³-hybridized carbons (Fsp3) is 0.267. The Bertz CT molecular complexity index is 941. The first-order valence-corrected chi connectivity index (χ1v) is 7.39. The lowest BCUT2D eigenvalue weighted by Crippen LogP contribution is -2.11. The van der Waals surface area contributed by atoms with Gasteiger partial charge < -0.3 is 9.73 Å². The minimum Gasteiger partial charge on any atom is -0.422 e. The van der Waals surface area contributed by atoms with Gasteiger partial charge in [-0.1, -0.05) is 6.92 Å². The molecule has 1 atom stereocenters. The second kappa shape index (κ2) is 5.31. The molecule has 0 aromatic carbocycles. The van der Waals surface area contributed by atoms with E-state index >= 15 is 0 Å². The molecule has 0 bridgehead atoms. The van der Waals surface area contributed by atoms with Crippen molar-refractivity contribution in [3.63, 3.8) is 0 Å². The molecular formula is C15H15N7O. The van der Waals surface area contributed by atoms with Crippen LogP contribution in [0.15, 0.2) is 35.4 Å². The fourth-order valence-electron chi connectivity index (χ4n) is 2.53. The first-order valence-electron chi connectivity index (χ1n) is 7.39. The molecule has 0 saturated heterocycles. The van der Waals surface area contributed by atoms with Crippen molar-refractivity contribution in [1.82, 2.24) is 29.3 Å². The summed E-state index contributed by atoms with van der Waals surface area (Å²) in [4.78, 5) is 21.5. The topological polar surface area (TPSA) is 94.0 Å². The summed E-state index contributed by atoms with van der Waals surface area (Å²) in [6, 6.07) is 1.87. The third-order valence-corrected chi connectivity index (χ3v) is 3.63. The number of nitrogens with zero attached hydrogens (tertiary/aromatic N) is 6. The van der Waals surface area contributed by atoms with Gasteiger partial charge in [0.1, 0.15) is 6.33 Å². The number of imidazole rings is 1. The van der Waals surface area contributed by atoms with Gasteiger partial charge in [0.15, 0.2) is 17.2 Å². The van der Waals surface area contributed by atoms with Crippen molar-refractivity contribution in [2.75, 3.05) is 5.32 Å². The number of anilines is 1. The molecule has 4 aromatic rings. The molecule has 23 heavy (non-hydrogen) atoms. The van der Waals surface area contributed by atoms with Gasteiger partial charge in [0, 0.05) is 25.5 Å². The van der Waals surface area contributed by atoms with Crippen LogP contribution in [0.5, 0.6) is 0 Å². The summed E-state index contributed by atoms with van der Waals surface area (Å²) in [7, 11) is 0. The Morgan fingerprint density at radius 3 is 3.00 bits per heavy atom. The third-order valence-electron chi connectivity index (χ3n) is 3.63. The summed E-state index contributed by atoms with van der Waals surface area (Å²) >= 11 is 0. The summed E-state index contributed by atoms with van der Waals surface area (Å²) < 4.78 is 7.34. The van der Waals surface area contributed by atoms with Crippen molar-refractivity contribution >= 4 is 22.8 Å². The lowest BCUT2D eigenvalue weighted by atomic mass is 10.1. The van der Waals surface area contributed by atoms with Crippen LogP contribution in [0.3, 0.4) is 0 Å². The first-order chi connectivity index (χ1) is 11.2. The van der Waals surface area contributed by atoms with Crippen molar-refractivity contribution < 1.29 is 4.42 Å². The summed E-state index contributed by atoms with van der Waals surface area (Å²) in [5, 5.41) is 3.39. The number of hydrogen-bond donors (Lipinski definition) is 1. The van der Waals surface area contributed by atoms with Crippen LogP contribution in [0.25, 0.3) is 17.0 Å². The zero-order chi connectivity index (χ0) is 15.8. The molecule has 8 nitrogen and oxygen atoms in total. The average Bonchev–Trinajstić information content (AvgIpc) is 3.15. The van der Waals surface area contributed by atoms with Crippen molar-refractivity contribution in [3.05, 3.63) is 42.6 Å². The molecule has 0 saturated carbocycles. The van der Waals surface area contributed by atoms with E-state index in [0.29, 0.717) is 28.7 Å². The van der Waals surface area contributed by atoms with Gasteiger partial charge in [0.25, 0.3) is 5.71 Å². The summed E-state index contributed by atoms with van der Waals surface area (Å²) in [5.74, 6) is 1.88. The second-order valence-corrected chi connectivity index (χ2v) is 5.21. The Morgan fingerprint density at radius 2 is 2.17 bits per heavy atom. The molecule has 0 aliphatic heterocycles. The highest BCUT2D eigenvalue weighted by atomic mass is 16.4. The number of rotatable bonds is 4. The predicted molar refractivity (Wildman–Crippen MR) is 84.0 cm³/mol. The predicted octanol–water partition coefficient (Wildman–Crippen LogP) is 2.53. The van der Waals surface area contributed by atoms with Crippen LogP contribution in [-0.4, -0.2) is 29.3 Å². The molecule has 4 rings (SSSR count). The van der Waals surface area contributed by atoms with E-state index < -0.39 is 0 Å². The van der Waals surface area contributed by atoms with E-state index in [4.69, 9.17) is 4.42 Å².